The average Bonchev–Trinajstić information content (AvgIpc) is 2.66. The third kappa shape index (κ3) is 7.26. The molecule has 0 bridgehead atoms. The quantitative estimate of drug-likeness (QED) is 0.663. The molecule has 1 aliphatic heterocycles. The Morgan fingerprint density at radius 2 is 1.86 bits per heavy atom. The van der Waals surface area contributed by atoms with Crippen molar-refractivity contribution in [3.05, 3.63) is 23.8 Å². The van der Waals surface area contributed by atoms with Crippen LogP contribution in [0.15, 0.2) is 18.2 Å². The van der Waals surface area contributed by atoms with E-state index in [0.717, 1.165) is 13.1 Å². The second-order valence-electron chi connectivity index (χ2n) is 6.09. The number of hydrogen-bond donors (Lipinski definition) is 1. The van der Waals surface area contributed by atoms with Crippen molar-refractivity contribution in [1.82, 2.24) is 10.2 Å². The second kappa shape index (κ2) is 10.2. The number of amides is 1. The molecule has 1 aliphatic rings. The van der Waals surface area contributed by atoms with Crippen LogP contribution in [0.3, 0.4) is 0 Å². The van der Waals surface area contributed by atoms with Gasteiger partial charge in [0.1, 0.15) is 0 Å². The Morgan fingerprint density at radius 3 is 2.50 bits per heavy atom. The van der Waals surface area contributed by atoms with E-state index in [2.05, 4.69) is 10.1 Å². The van der Waals surface area contributed by atoms with Crippen molar-refractivity contribution in [2.75, 3.05) is 46.0 Å². The van der Waals surface area contributed by atoms with Crippen molar-refractivity contribution >= 4 is 11.9 Å². The summed E-state index contributed by atoms with van der Waals surface area (Å²) >= 11 is 0. The van der Waals surface area contributed by atoms with Crippen LogP contribution in [0, 0.1) is 0 Å². The van der Waals surface area contributed by atoms with E-state index in [4.69, 9.17) is 9.47 Å². The molecule has 2 rings (SSSR count). The average molecular weight is 404 g/mol. The van der Waals surface area contributed by atoms with Crippen LogP contribution >= 0.6 is 0 Å². The van der Waals surface area contributed by atoms with Gasteiger partial charge < -0.3 is 24.4 Å². The first kappa shape index (κ1) is 21.8. The van der Waals surface area contributed by atoms with E-state index in [1.807, 2.05) is 0 Å². The number of benzene rings is 1. The summed E-state index contributed by atoms with van der Waals surface area (Å²) in [6.07, 6.45) is -4.91. The zero-order chi connectivity index (χ0) is 20.6. The molecule has 1 heterocycles. The minimum Gasteiger partial charge on any atom is -0.490 e. The van der Waals surface area contributed by atoms with Crippen LogP contribution in [0.2, 0.25) is 0 Å². The summed E-state index contributed by atoms with van der Waals surface area (Å²) in [5.74, 6) is -0.527. The van der Waals surface area contributed by atoms with Gasteiger partial charge in [0.05, 0.1) is 13.0 Å². The third-order valence-corrected chi connectivity index (χ3v) is 3.87. The summed E-state index contributed by atoms with van der Waals surface area (Å²) in [7, 11) is 0. The summed E-state index contributed by atoms with van der Waals surface area (Å²) in [6.45, 7) is 2.96. The summed E-state index contributed by atoms with van der Waals surface area (Å²) in [5.41, 5.74) is 0.413. The van der Waals surface area contributed by atoms with Gasteiger partial charge >= 0.3 is 12.1 Å². The Morgan fingerprint density at radius 1 is 1.14 bits per heavy atom. The fraction of sp³-hybridized carbons (Fsp3) is 0.556. The first-order valence-corrected chi connectivity index (χ1v) is 8.88. The molecule has 7 nitrogen and oxygen atoms in total. The predicted molar refractivity (Wildman–Crippen MR) is 93.3 cm³/mol. The topological polar surface area (TPSA) is 77.1 Å². The van der Waals surface area contributed by atoms with Crippen LogP contribution in [-0.2, 0) is 20.7 Å². The number of alkyl halides is 3. The van der Waals surface area contributed by atoms with Crippen molar-refractivity contribution in [1.29, 1.82) is 0 Å². The van der Waals surface area contributed by atoms with E-state index < -0.39 is 18.8 Å². The van der Waals surface area contributed by atoms with E-state index >= 15 is 0 Å². The lowest BCUT2D eigenvalue weighted by atomic mass is 10.1. The number of ether oxygens (including phenoxy) is 3. The minimum absolute atomic E-state index is 0.149. The molecule has 1 aromatic rings. The van der Waals surface area contributed by atoms with Gasteiger partial charge in [0.15, 0.2) is 24.7 Å². The number of carbonyl (C=O) groups excluding carboxylic acids is 2. The highest BCUT2D eigenvalue weighted by molar-refractivity contribution is 5.78. The van der Waals surface area contributed by atoms with Crippen molar-refractivity contribution < 1.29 is 37.0 Å². The number of halogens is 3. The summed E-state index contributed by atoms with van der Waals surface area (Å²) < 4.78 is 51.5. The maximum atomic E-state index is 12.2. The molecule has 1 amide bonds. The van der Waals surface area contributed by atoms with Crippen molar-refractivity contribution in [2.24, 2.45) is 0 Å². The van der Waals surface area contributed by atoms with Gasteiger partial charge in [-0.25, -0.2) is 0 Å². The number of rotatable bonds is 8. The fourth-order valence-corrected chi connectivity index (χ4v) is 2.58. The molecule has 1 saturated heterocycles. The number of carbonyl (C=O) groups is 2. The van der Waals surface area contributed by atoms with Gasteiger partial charge in [0.25, 0.3) is 5.91 Å². The van der Waals surface area contributed by atoms with E-state index in [-0.39, 0.29) is 18.9 Å². The lowest BCUT2D eigenvalue weighted by Crippen LogP contribution is -2.47. The maximum absolute atomic E-state index is 12.2. The number of nitrogens with zero attached hydrogens (tertiary/aromatic N) is 1. The Balaban J connectivity index is 1.95. The molecule has 28 heavy (non-hydrogen) atoms. The highest BCUT2D eigenvalue weighted by Gasteiger charge is 2.29. The van der Waals surface area contributed by atoms with Gasteiger partial charge in [-0.05, 0) is 24.6 Å². The minimum atomic E-state index is -4.57. The molecule has 0 radical (unpaired) electrons. The molecular formula is C18H23F3N2O5. The first-order valence-electron chi connectivity index (χ1n) is 8.88. The molecule has 0 saturated carbocycles. The monoisotopic (exact) mass is 404 g/mol. The molecule has 1 N–H and O–H groups in total. The molecule has 10 heteroatoms. The molecule has 0 aromatic heterocycles. The largest absolute Gasteiger partial charge is 0.490 e. The van der Waals surface area contributed by atoms with E-state index in [9.17, 15) is 22.8 Å². The van der Waals surface area contributed by atoms with Crippen molar-refractivity contribution in [3.8, 4) is 11.5 Å². The van der Waals surface area contributed by atoms with E-state index in [0.29, 0.717) is 36.8 Å². The van der Waals surface area contributed by atoms with Gasteiger partial charge in [0, 0.05) is 26.2 Å². The standard InChI is InChI=1S/C18H23F3N2O5/c1-2-26-15-9-13(10-17(25)28-12-18(19,20)21)3-4-14(15)27-11-16(24)23-7-5-22-6-8-23/h3-4,9,22H,2,5-8,10-12H2,1H3. The molecule has 0 aliphatic carbocycles. The van der Waals surface area contributed by atoms with Crippen LogP contribution in [0.1, 0.15) is 12.5 Å². The predicted octanol–water partition coefficient (Wildman–Crippen LogP) is 1.54. The smallest absolute Gasteiger partial charge is 0.422 e. The molecule has 0 atom stereocenters. The highest BCUT2D eigenvalue weighted by atomic mass is 19.4. The van der Waals surface area contributed by atoms with Crippen LogP contribution in [0.5, 0.6) is 11.5 Å². The molecule has 156 valence electrons. The maximum Gasteiger partial charge on any atom is 0.422 e. The zero-order valence-corrected chi connectivity index (χ0v) is 15.5. The Hall–Kier alpha value is -2.49. The zero-order valence-electron chi connectivity index (χ0n) is 15.5. The van der Waals surface area contributed by atoms with Gasteiger partial charge in [-0.15, -0.1) is 0 Å². The molecule has 1 aromatic carbocycles. The van der Waals surface area contributed by atoms with Crippen LogP contribution in [0.25, 0.3) is 0 Å². The Bertz CT molecular complexity index is 676. The molecule has 0 unspecified atom stereocenters. The van der Waals surface area contributed by atoms with Crippen molar-refractivity contribution in [3.63, 3.8) is 0 Å². The number of hydrogen-bond acceptors (Lipinski definition) is 6. The highest BCUT2D eigenvalue weighted by Crippen LogP contribution is 2.29. The van der Waals surface area contributed by atoms with Crippen LogP contribution < -0.4 is 14.8 Å². The Kier molecular flexibility index (Phi) is 7.91. The second-order valence-corrected chi connectivity index (χ2v) is 6.09. The lowest BCUT2D eigenvalue weighted by Gasteiger charge is -2.27. The van der Waals surface area contributed by atoms with E-state index in [1.54, 1.807) is 11.8 Å². The van der Waals surface area contributed by atoms with Crippen molar-refractivity contribution in [2.45, 2.75) is 19.5 Å². The molecule has 0 spiro atoms. The third-order valence-electron chi connectivity index (χ3n) is 3.87. The van der Waals surface area contributed by atoms with Crippen LogP contribution in [-0.4, -0.2) is 69.0 Å². The first-order chi connectivity index (χ1) is 13.3. The summed E-state index contributed by atoms with van der Waals surface area (Å²) in [5, 5.41) is 3.15. The lowest BCUT2D eigenvalue weighted by molar-refractivity contribution is -0.185. The molecular weight excluding hydrogens is 381 g/mol. The van der Waals surface area contributed by atoms with Gasteiger partial charge in [0.2, 0.25) is 0 Å². The van der Waals surface area contributed by atoms with Gasteiger partial charge in [-0.3, -0.25) is 9.59 Å². The Labute approximate surface area is 160 Å². The normalized spacial score (nSPS) is 14.5. The summed E-state index contributed by atoms with van der Waals surface area (Å²) in [4.78, 5) is 25.4. The van der Waals surface area contributed by atoms with Crippen LogP contribution in [0.4, 0.5) is 13.2 Å². The fourth-order valence-electron chi connectivity index (χ4n) is 2.58. The van der Waals surface area contributed by atoms with E-state index in [1.165, 1.54) is 18.2 Å². The number of esters is 1. The molecule has 1 fully saturated rings. The van der Waals surface area contributed by atoms with Gasteiger partial charge in [-0.1, -0.05) is 6.07 Å². The SMILES string of the molecule is CCOc1cc(CC(=O)OCC(F)(F)F)ccc1OCC(=O)N1CCNCC1. The number of piperazine rings is 1. The summed E-state index contributed by atoms with van der Waals surface area (Å²) in [6, 6.07) is 4.52. The number of nitrogens with one attached hydrogen (secondary N) is 1. The van der Waals surface area contributed by atoms with Gasteiger partial charge in [-0.2, -0.15) is 13.2 Å².